The highest BCUT2D eigenvalue weighted by atomic mass is 16.5. The normalized spacial score (nSPS) is 17.2. The van der Waals surface area contributed by atoms with Crippen molar-refractivity contribution in [2.45, 2.75) is 80.1 Å². The van der Waals surface area contributed by atoms with Crippen molar-refractivity contribution in [1.82, 2.24) is 20.9 Å². The van der Waals surface area contributed by atoms with E-state index < -0.39 is 34.2 Å². The topological polar surface area (TPSA) is 322 Å². The van der Waals surface area contributed by atoms with Crippen molar-refractivity contribution < 1.29 is 43.9 Å². The molecule has 0 aliphatic heterocycles. The Labute approximate surface area is 392 Å². The van der Waals surface area contributed by atoms with Crippen molar-refractivity contribution in [3.8, 4) is 36.4 Å². The van der Waals surface area contributed by atoms with Crippen molar-refractivity contribution in [2.24, 2.45) is 16.2 Å². The van der Waals surface area contributed by atoms with Gasteiger partial charge < -0.3 is 45.5 Å². The number of nitrogens with one attached hydrogen (secondary N) is 3. The van der Waals surface area contributed by atoms with E-state index in [9.17, 15) is 61.3 Å². The second-order valence-electron chi connectivity index (χ2n) is 18.7. The number of nitrogens with zero attached hydrogens (tertiary/aromatic N) is 7. The van der Waals surface area contributed by atoms with Gasteiger partial charge >= 0.3 is 17.9 Å². The van der Waals surface area contributed by atoms with Crippen LogP contribution in [0.15, 0.2) is 67.2 Å². The highest BCUT2D eigenvalue weighted by Crippen LogP contribution is 2.44. The van der Waals surface area contributed by atoms with Gasteiger partial charge in [-0.25, -0.2) is 14.4 Å². The highest BCUT2D eigenvalue weighted by Gasteiger charge is 2.38. The van der Waals surface area contributed by atoms with E-state index in [1.807, 2.05) is 78.0 Å². The fourth-order valence-electron chi connectivity index (χ4n) is 8.53. The lowest BCUT2D eigenvalue weighted by Crippen LogP contribution is -2.36. The van der Waals surface area contributed by atoms with Gasteiger partial charge in [-0.2, -0.15) is 31.6 Å². The molecule has 0 heterocycles. The van der Waals surface area contributed by atoms with Crippen LogP contribution in [0.5, 0.6) is 0 Å². The Hall–Kier alpha value is -6.97. The molecule has 6 N–H and O–H groups in total. The molecule has 0 fully saturated rings. The predicted octanol–water partition coefficient (Wildman–Crippen LogP) is 4.61. The van der Waals surface area contributed by atoms with Crippen LogP contribution in [0.4, 0.5) is 0 Å². The molecule has 0 amide bonds. The minimum absolute atomic E-state index is 0.0697. The summed E-state index contributed by atoms with van der Waals surface area (Å²) in [7, 11) is 0. The molecule has 19 nitrogen and oxygen atoms in total. The number of nitriles is 6. The first-order chi connectivity index (χ1) is 31.7. The van der Waals surface area contributed by atoms with Crippen LogP contribution < -0.4 is 16.0 Å². The Morgan fingerprint density at radius 2 is 0.701 bits per heavy atom. The van der Waals surface area contributed by atoms with Crippen LogP contribution in [0.3, 0.4) is 0 Å². The van der Waals surface area contributed by atoms with E-state index in [0.717, 1.165) is 0 Å². The fraction of sp³-hybridized carbons (Fsp3) is 0.562. The third-order valence-electron chi connectivity index (χ3n) is 11.4. The number of hydrogen-bond acceptors (Lipinski definition) is 16. The number of carboxylic acids is 3. The van der Waals surface area contributed by atoms with E-state index in [1.54, 1.807) is 0 Å². The summed E-state index contributed by atoms with van der Waals surface area (Å²) in [5.41, 5.74) is -0.199. The number of hydrogen-bond donors (Lipinski definition) is 6. The molecule has 356 valence electrons. The molecule has 0 atom stereocenters. The molecule has 0 aromatic rings. The largest absolute Gasteiger partial charge is 0.478 e. The number of rotatable bonds is 24. The molecule has 3 rings (SSSR count). The third kappa shape index (κ3) is 15.9. The van der Waals surface area contributed by atoms with Crippen LogP contribution in [0, 0.1) is 84.2 Å². The van der Waals surface area contributed by atoms with Gasteiger partial charge in [0.1, 0.15) is 53.1 Å². The monoisotopic (exact) mass is 920 g/mol. The first kappa shape index (κ1) is 54.4. The van der Waals surface area contributed by atoms with Crippen molar-refractivity contribution in [2.75, 3.05) is 78.9 Å². The molecule has 0 aromatic heterocycles. The lowest BCUT2D eigenvalue weighted by molar-refractivity contribution is -0.133. The number of carbonyl (C=O) groups is 3. The van der Waals surface area contributed by atoms with Crippen LogP contribution >= 0.6 is 0 Å². The maximum Gasteiger partial charge on any atom is 0.337 e. The molecule has 19 heteroatoms. The summed E-state index contributed by atoms with van der Waals surface area (Å²) >= 11 is 0. The molecule has 0 unspecified atom stereocenters. The average Bonchev–Trinajstić information content (AvgIpc) is 3.23. The zero-order valence-electron chi connectivity index (χ0n) is 39.1. The van der Waals surface area contributed by atoms with Gasteiger partial charge in [-0.1, -0.05) is 41.5 Å². The van der Waals surface area contributed by atoms with Crippen LogP contribution in [0.2, 0.25) is 0 Å². The minimum atomic E-state index is -1.23. The summed E-state index contributed by atoms with van der Waals surface area (Å²) in [5.74, 6) is -3.68. The third-order valence-corrected chi connectivity index (χ3v) is 11.4. The molecule has 0 saturated heterocycles. The van der Waals surface area contributed by atoms with Crippen LogP contribution in [0.25, 0.3) is 0 Å². The van der Waals surface area contributed by atoms with Crippen molar-refractivity contribution in [1.29, 1.82) is 31.6 Å². The Bertz CT molecular complexity index is 2070. The molecule has 0 spiro atoms. The lowest BCUT2D eigenvalue weighted by Gasteiger charge is -2.34. The second-order valence-corrected chi connectivity index (χ2v) is 18.7. The van der Waals surface area contributed by atoms with Crippen LogP contribution in [0.1, 0.15) is 80.1 Å². The second kappa shape index (κ2) is 25.1. The molecule has 67 heavy (non-hydrogen) atoms. The van der Waals surface area contributed by atoms with E-state index in [4.69, 9.17) is 14.2 Å². The smallest absolute Gasteiger partial charge is 0.337 e. The van der Waals surface area contributed by atoms with Gasteiger partial charge in [-0.05, 0) is 71.5 Å². The minimum Gasteiger partial charge on any atom is -0.478 e. The van der Waals surface area contributed by atoms with Crippen molar-refractivity contribution in [3.05, 3.63) is 67.2 Å². The SMILES string of the molecule is CC1(C)CC(NCCOCCN(CCOCCNC2=C(C(=O)O)C(=C(C#N)C#N)CC(C)(C)C2)CCOCCNC2=C(C(=O)O)C(=C(C#N)C#N)CC(C)(C)C2)=C(C(=O)O)C(=C(C#N)C#N)C1. The highest BCUT2D eigenvalue weighted by molar-refractivity contribution is 5.95. The predicted molar refractivity (Wildman–Crippen MR) is 241 cm³/mol. The molecule has 0 radical (unpaired) electrons. The molecular formula is C48H60N10O9. The Kier molecular flexibility index (Phi) is 20.3. The molecule has 0 saturated carbocycles. The summed E-state index contributed by atoms with van der Waals surface area (Å²) < 4.78 is 17.8. The zero-order valence-corrected chi connectivity index (χ0v) is 39.1. The first-order valence-electron chi connectivity index (χ1n) is 21.9. The summed E-state index contributed by atoms with van der Waals surface area (Å²) in [6, 6.07) is 11.0. The zero-order chi connectivity index (χ0) is 50.0. The Morgan fingerprint density at radius 3 is 0.910 bits per heavy atom. The standard InChI is InChI=1S/C48H60N10O9/c1-46(2)19-34(31(25-49)26-50)40(43(59)60)37(22-46)55-7-13-65-16-10-58(11-17-66-14-8-56-38-23-47(3,4)20-35(32(27-51)28-52)41(38)44(61)62)12-18-67-15-9-57-39-24-48(5,6)21-36(33(29-53)30-54)42(39)45(63)64/h55-57H,7-24H2,1-6H3,(H,59,60)(H,61,62)(H,63,64). The van der Waals surface area contributed by atoms with Gasteiger partial charge in [0.25, 0.3) is 0 Å². The van der Waals surface area contributed by atoms with Crippen molar-refractivity contribution >= 4 is 17.9 Å². The maximum atomic E-state index is 12.3. The molecule has 3 aliphatic carbocycles. The Balaban J connectivity index is 1.65. The fourth-order valence-corrected chi connectivity index (χ4v) is 8.53. The van der Waals surface area contributed by atoms with E-state index in [1.165, 1.54) is 0 Å². The van der Waals surface area contributed by atoms with E-state index in [-0.39, 0.29) is 129 Å². The van der Waals surface area contributed by atoms with Gasteiger partial charge in [0.15, 0.2) is 0 Å². The summed E-state index contributed by atoms with van der Waals surface area (Å²) in [5, 5.41) is 96.6. The molecule has 3 aliphatic rings. The number of allylic oxidation sites excluding steroid dienone is 6. The van der Waals surface area contributed by atoms with Crippen molar-refractivity contribution in [3.63, 3.8) is 0 Å². The average molecular weight is 921 g/mol. The summed E-state index contributed by atoms with van der Waals surface area (Å²) in [4.78, 5) is 38.9. The van der Waals surface area contributed by atoms with Crippen LogP contribution in [-0.2, 0) is 28.6 Å². The number of aliphatic carboxylic acids is 3. The van der Waals surface area contributed by atoms with E-state index in [2.05, 4.69) is 20.9 Å². The molecule has 0 bridgehead atoms. The van der Waals surface area contributed by atoms with Gasteiger partial charge in [0, 0.05) is 56.4 Å². The van der Waals surface area contributed by atoms with E-state index in [0.29, 0.717) is 56.0 Å². The van der Waals surface area contributed by atoms with Crippen LogP contribution in [-0.4, -0.2) is 117 Å². The summed E-state index contributed by atoms with van der Waals surface area (Å²) in [6.07, 6.45) is 2.00. The first-order valence-corrected chi connectivity index (χ1v) is 21.9. The maximum absolute atomic E-state index is 12.3. The van der Waals surface area contributed by atoms with Gasteiger partial charge in [-0.15, -0.1) is 0 Å². The molecule has 0 aromatic carbocycles. The Morgan fingerprint density at radius 1 is 0.463 bits per heavy atom. The van der Waals surface area contributed by atoms with Gasteiger partial charge in [0.2, 0.25) is 0 Å². The lowest BCUT2D eigenvalue weighted by atomic mass is 9.72. The number of ether oxygens (including phenoxy) is 3. The quantitative estimate of drug-likeness (QED) is 0.0568. The number of carboxylic acid groups (broad SMARTS) is 3. The molecular weight excluding hydrogens is 861 g/mol. The van der Waals surface area contributed by atoms with Gasteiger partial charge in [0.05, 0.1) is 56.4 Å². The van der Waals surface area contributed by atoms with E-state index >= 15 is 0 Å². The summed E-state index contributed by atoms with van der Waals surface area (Å²) in [6.45, 7) is 15.3. The van der Waals surface area contributed by atoms with Gasteiger partial charge in [-0.3, -0.25) is 4.90 Å².